The molecule has 2 N–H and O–H groups in total. The van der Waals surface area contributed by atoms with E-state index in [1.54, 1.807) is 0 Å². The third-order valence-corrected chi connectivity index (χ3v) is 4.74. The van der Waals surface area contributed by atoms with Crippen LogP contribution in [0.3, 0.4) is 0 Å². The van der Waals surface area contributed by atoms with Crippen molar-refractivity contribution in [1.82, 2.24) is 0 Å². The minimum absolute atomic E-state index is 0.0731. The van der Waals surface area contributed by atoms with Crippen LogP contribution in [0.15, 0.2) is 36.4 Å². The molecule has 0 aliphatic rings. The van der Waals surface area contributed by atoms with E-state index in [2.05, 4.69) is 50.5 Å². The predicted molar refractivity (Wildman–Crippen MR) is 118 cm³/mol. The van der Waals surface area contributed by atoms with Gasteiger partial charge in [-0.3, -0.25) is 4.79 Å². The molecule has 2 aromatic rings. The third-order valence-electron chi connectivity index (χ3n) is 4.74. The van der Waals surface area contributed by atoms with Crippen molar-refractivity contribution >= 4 is 17.3 Å². The molecule has 0 spiro atoms. The highest BCUT2D eigenvalue weighted by atomic mass is 16.5. The molecule has 0 unspecified atom stereocenters. The Morgan fingerprint density at radius 2 is 1.68 bits per heavy atom. The van der Waals surface area contributed by atoms with Crippen LogP contribution >= 0.6 is 0 Å². The van der Waals surface area contributed by atoms with E-state index in [-0.39, 0.29) is 12.5 Å². The van der Waals surface area contributed by atoms with Gasteiger partial charge in [0.05, 0.1) is 13.2 Å². The molecule has 0 saturated heterocycles. The molecule has 0 fully saturated rings. The van der Waals surface area contributed by atoms with Crippen LogP contribution in [0.1, 0.15) is 55.7 Å². The average Bonchev–Trinajstić information content (AvgIpc) is 2.64. The Morgan fingerprint density at radius 3 is 2.39 bits per heavy atom. The first kappa shape index (κ1) is 21.8. The van der Waals surface area contributed by atoms with Crippen molar-refractivity contribution in [3.05, 3.63) is 53.1 Å². The van der Waals surface area contributed by atoms with E-state index >= 15 is 0 Å². The fourth-order valence-corrected chi connectivity index (χ4v) is 3.39. The Hall–Kier alpha value is -2.49. The van der Waals surface area contributed by atoms with E-state index in [4.69, 9.17) is 4.74 Å². The van der Waals surface area contributed by atoms with Crippen molar-refractivity contribution in [2.24, 2.45) is 0 Å². The van der Waals surface area contributed by atoms with Crippen LogP contribution in [0.2, 0.25) is 0 Å². The number of aryl methyl sites for hydroxylation is 3. The Kier molecular flexibility index (Phi) is 8.86. The van der Waals surface area contributed by atoms with Gasteiger partial charge >= 0.3 is 0 Å². The molecule has 0 saturated carbocycles. The lowest BCUT2D eigenvalue weighted by molar-refractivity contribution is -0.114. The van der Waals surface area contributed by atoms with Gasteiger partial charge in [-0.15, -0.1) is 0 Å². The number of hydrogen-bond acceptors (Lipinski definition) is 3. The SMILES string of the molecule is CCCCCCCOc1cccc(NC(=O)CNc2c(C)cc(C)cc2C)c1. The summed E-state index contributed by atoms with van der Waals surface area (Å²) in [5.74, 6) is 0.725. The van der Waals surface area contributed by atoms with Crippen LogP contribution in [0, 0.1) is 20.8 Å². The molecule has 0 bridgehead atoms. The monoisotopic (exact) mass is 382 g/mol. The summed E-state index contributed by atoms with van der Waals surface area (Å²) in [6.07, 6.45) is 6.07. The molecule has 1 amide bonds. The van der Waals surface area contributed by atoms with Gasteiger partial charge in [-0.25, -0.2) is 0 Å². The Bertz CT molecular complexity index is 748. The summed E-state index contributed by atoms with van der Waals surface area (Å²) < 4.78 is 5.81. The van der Waals surface area contributed by atoms with Gasteiger partial charge in [0.1, 0.15) is 5.75 Å². The zero-order valence-electron chi connectivity index (χ0n) is 17.7. The number of carbonyl (C=O) groups excluding carboxylic acids is 1. The standard InChI is InChI=1S/C24H34N2O2/c1-5-6-7-8-9-13-28-22-12-10-11-21(16-22)26-23(27)17-25-24-19(3)14-18(2)15-20(24)4/h10-12,14-16,25H,5-9,13,17H2,1-4H3,(H,26,27). The first-order valence-corrected chi connectivity index (χ1v) is 10.3. The number of carbonyl (C=O) groups is 1. The molecule has 28 heavy (non-hydrogen) atoms. The second-order valence-electron chi connectivity index (χ2n) is 7.47. The maximum absolute atomic E-state index is 12.3. The molecule has 0 radical (unpaired) electrons. The smallest absolute Gasteiger partial charge is 0.243 e. The number of hydrogen-bond donors (Lipinski definition) is 2. The largest absolute Gasteiger partial charge is 0.494 e. The summed E-state index contributed by atoms with van der Waals surface area (Å²) in [7, 11) is 0. The molecule has 2 aromatic carbocycles. The summed E-state index contributed by atoms with van der Waals surface area (Å²) >= 11 is 0. The lowest BCUT2D eigenvalue weighted by atomic mass is 10.1. The molecule has 0 heterocycles. The Balaban J connectivity index is 1.81. The number of rotatable bonds is 11. The predicted octanol–water partition coefficient (Wildman–Crippen LogP) is 6.01. The first-order valence-electron chi connectivity index (χ1n) is 10.3. The van der Waals surface area contributed by atoms with Crippen LogP contribution < -0.4 is 15.4 Å². The van der Waals surface area contributed by atoms with Crippen LogP contribution in [0.5, 0.6) is 5.75 Å². The van der Waals surface area contributed by atoms with Crippen molar-refractivity contribution in [3.8, 4) is 5.75 Å². The van der Waals surface area contributed by atoms with E-state index in [1.165, 1.54) is 31.2 Å². The molecule has 0 aromatic heterocycles. The zero-order valence-corrected chi connectivity index (χ0v) is 17.7. The molecule has 4 heteroatoms. The number of amides is 1. The Morgan fingerprint density at radius 1 is 0.964 bits per heavy atom. The van der Waals surface area contributed by atoms with Gasteiger partial charge in [0.15, 0.2) is 0 Å². The minimum Gasteiger partial charge on any atom is -0.494 e. The second-order valence-corrected chi connectivity index (χ2v) is 7.47. The molecule has 152 valence electrons. The van der Waals surface area contributed by atoms with E-state index < -0.39 is 0 Å². The molecular weight excluding hydrogens is 348 g/mol. The maximum Gasteiger partial charge on any atom is 0.243 e. The first-order chi connectivity index (χ1) is 13.5. The van der Waals surface area contributed by atoms with Crippen LogP contribution in [-0.2, 0) is 4.79 Å². The van der Waals surface area contributed by atoms with E-state index in [0.717, 1.165) is 34.7 Å². The van der Waals surface area contributed by atoms with Gasteiger partial charge in [-0.2, -0.15) is 0 Å². The van der Waals surface area contributed by atoms with Crippen molar-refractivity contribution in [2.45, 2.75) is 59.8 Å². The van der Waals surface area contributed by atoms with E-state index in [0.29, 0.717) is 6.61 Å². The molecule has 4 nitrogen and oxygen atoms in total. The van der Waals surface area contributed by atoms with Gasteiger partial charge in [-0.05, 0) is 50.5 Å². The van der Waals surface area contributed by atoms with Crippen LogP contribution in [0.25, 0.3) is 0 Å². The summed E-state index contributed by atoms with van der Waals surface area (Å²) in [6, 6.07) is 11.8. The van der Waals surface area contributed by atoms with Crippen molar-refractivity contribution in [2.75, 3.05) is 23.8 Å². The fraction of sp³-hybridized carbons (Fsp3) is 0.458. The van der Waals surface area contributed by atoms with Gasteiger partial charge < -0.3 is 15.4 Å². The van der Waals surface area contributed by atoms with E-state index in [1.807, 2.05) is 24.3 Å². The van der Waals surface area contributed by atoms with Crippen molar-refractivity contribution in [3.63, 3.8) is 0 Å². The second kappa shape index (κ2) is 11.4. The average molecular weight is 383 g/mol. The van der Waals surface area contributed by atoms with E-state index in [9.17, 15) is 4.79 Å². The summed E-state index contributed by atoms with van der Waals surface area (Å²) in [4.78, 5) is 12.3. The lowest BCUT2D eigenvalue weighted by Gasteiger charge is -2.14. The summed E-state index contributed by atoms with van der Waals surface area (Å²) in [6.45, 7) is 9.36. The highest BCUT2D eigenvalue weighted by Crippen LogP contribution is 2.22. The highest BCUT2D eigenvalue weighted by molar-refractivity contribution is 5.94. The summed E-state index contributed by atoms with van der Waals surface area (Å²) in [5, 5.41) is 6.20. The van der Waals surface area contributed by atoms with Crippen LogP contribution in [-0.4, -0.2) is 19.1 Å². The number of ether oxygens (including phenoxy) is 1. The fourth-order valence-electron chi connectivity index (χ4n) is 3.39. The van der Waals surface area contributed by atoms with Crippen molar-refractivity contribution < 1.29 is 9.53 Å². The van der Waals surface area contributed by atoms with Crippen LogP contribution in [0.4, 0.5) is 11.4 Å². The Labute approximate surface area is 169 Å². The number of unbranched alkanes of at least 4 members (excludes halogenated alkanes) is 4. The molecule has 0 aliphatic heterocycles. The molecule has 0 atom stereocenters. The normalized spacial score (nSPS) is 10.6. The zero-order chi connectivity index (χ0) is 20.4. The lowest BCUT2D eigenvalue weighted by Crippen LogP contribution is -2.22. The molecule has 0 aliphatic carbocycles. The molecule has 2 rings (SSSR count). The number of anilines is 2. The number of benzene rings is 2. The number of nitrogens with one attached hydrogen (secondary N) is 2. The topological polar surface area (TPSA) is 50.4 Å². The maximum atomic E-state index is 12.3. The van der Waals surface area contributed by atoms with Gasteiger partial charge in [-0.1, -0.05) is 56.4 Å². The minimum atomic E-state index is -0.0731. The summed E-state index contributed by atoms with van der Waals surface area (Å²) in [5.41, 5.74) is 5.32. The van der Waals surface area contributed by atoms with Gasteiger partial charge in [0, 0.05) is 17.4 Å². The molecular formula is C24H34N2O2. The van der Waals surface area contributed by atoms with Gasteiger partial charge in [0.25, 0.3) is 0 Å². The highest BCUT2D eigenvalue weighted by Gasteiger charge is 2.07. The quantitative estimate of drug-likeness (QED) is 0.468. The third kappa shape index (κ3) is 7.26. The van der Waals surface area contributed by atoms with Crippen molar-refractivity contribution in [1.29, 1.82) is 0 Å². The van der Waals surface area contributed by atoms with Gasteiger partial charge in [0.2, 0.25) is 5.91 Å².